The number of thiazole rings is 1. The van der Waals surface area contributed by atoms with Gasteiger partial charge in [0.15, 0.2) is 5.13 Å². The number of aryl methyl sites for hydroxylation is 1. The molecule has 0 radical (unpaired) electrons. The third kappa shape index (κ3) is 5.05. The van der Waals surface area contributed by atoms with Gasteiger partial charge in [-0.2, -0.15) is 0 Å². The van der Waals surface area contributed by atoms with E-state index in [9.17, 15) is 9.90 Å². The molecule has 4 aromatic rings. The molecule has 41 heavy (non-hydrogen) atoms. The summed E-state index contributed by atoms with van der Waals surface area (Å²) in [6.45, 7) is 2.24. The lowest BCUT2D eigenvalue weighted by molar-refractivity contribution is 0.0147. The van der Waals surface area contributed by atoms with Gasteiger partial charge in [-0.05, 0) is 75.3 Å². The number of ether oxygens (including phenoxy) is 1. The predicted molar refractivity (Wildman–Crippen MR) is 160 cm³/mol. The van der Waals surface area contributed by atoms with Crippen molar-refractivity contribution in [1.29, 1.82) is 0 Å². The summed E-state index contributed by atoms with van der Waals surface area (Å²) in [5, 5.41) is 18.0. The second kappa shape index (κ2) is 10.7. The number of carboxylic acids is 1. The standard InChI is InChI=1S/C31H29Cl2N3O4S/c1-16-11-18(7-10-22(16)30(37)38)26-15-41-31(34-26)36-19-8-9-20(36)13-21(12-19)39-14-23-28(35-40-29(23)17-5-6-17)27-24(32)3-2-4-25(27)33/h2-4,7,10-11,15,17,19-21H,5-6,8-9,12-14H2,1H3,(H,37,38). The van der Waals surface area contributed by atoms with Crippen LogP contribution >= 0.6 is 34.5 Å². The lowest BCUT2D eigenvalue weighted by Crippen LogP contribution is -2.45. The highest BCUT2D eigenvalue weighted by Gasteiger charge is 2.43. The number of hydrogen-bond acceptors (Lipinski definition) is 7. The summed E-state index contributed by atoms with van der Waals surface area (Å²) in [4.78, 5) is 18.9. The molecular formula is C31H29Cl2N3O4S. The Balaban J connectivity index is 1.07. The highest BCUT2D eigenvalue weighted by atomic mass is 35.5. The number of halogens is 2. The number of fused-ring (bicyclic) bond motifs is 2. The van der Waals surface area contributed by atoms with Crippen LogP contribution in [-0.2, 0) is 11.3 Å². The van der Waals surface area contributed by atoms with E-state index in [1.807, 2.05) is 37.3 Å². The van der Waals surface area contributed by atoms with E-state index in [0.717, 1.165) is 71.8 Å². The van der Waals surface area contributed by atoms with E-state index in [0.29, 0.717) is 51.5 Å². The van der Waals surface area contributed by atoms with Crippen LogP contribution < -0.4 is 4.90 Å². The van der Waals surface area contributed by atoms with Gasteiger partial charge in [0.2, 0.25) is 0 Å². The van der Waals surface area contributed by atoms with Crippen molar-refractivity contribution in [2.75, 3.05) is 4.90 Å². The quantitative estimate of drug-likeness (QED) is 0.214. The molecule has 0 amide bonds. The zero-order chi connectivity index (χ0) is 28.2. The summed E-state index contributed by atoms with van der Waals surface area (Å²) < 4.78 is 12.4. The average molecular weight is 611 g/mol. The van der Waals surface area contributed by atoms with E-state index in [2.05, 4.69) is 15.4 Å². The minimum Gasteiger partial charge on any atom is -0.478 e. The van der Waals surface area contributed by atoms with Gasteiger partial charge in [0, 0.05) is 40.1 Å². The molecule has 2 atom stereocenters. The SMILES string of the molecule is Cc1cc(-c2csc(N3C4CCC3CC(OCc3c(-c5c(Cl)cccc5Cl)noc3C3CC3)C4)n2)ccc1C(=O)O. The molecule has 2 bridgehead atoms. The van der Waals surface area contributed by atoms with Crippen LogP contribution in [0.25, 0.3) is 22.5 Å². The highest BCUT2D eigenvalue weighted by molar-refractivity contribution is 7.14. The van der Waals surface area contributed by atoms with Crippen molar-refractivity contribution < 1.29 is 19.2 Å². The number of benzene rings is 2. The van der Waals surface area contributed by atoms with Gasteiger partial charge in [-0.3, -0.25) is 0 Å². The smallest absolute Gasteiger partial charge is 0.335 e. The van der Waals surface area contributed by atoms with Crippen molar-refractivity contribution in [1.82, 2.24) is 10.1 Å². The summed E-state index contributed by atoms with van der Waals surface area (Å²) in [6, 6.07) is 11.6. The zero-order valence-electron chi connectivity index (χ0n) is 22.5. The molecule has 2 saturated heterocycles. The van der Waals surface area contributed by atoms with Crippen LogP contribution in [0.3, 0.4) is 0 Å². The molecule has 7 rings (SSSR count). The number of piperidine rings is 1. The molecule has 3 fully saturated rings. The van der Waals surface area contributed by atoms with E-state index >= 15 is 0 Å². The van der Waals surface area contributed by atoms with Gasteiger partial charge in [0.05, 0.1) is 34.0 Å². The Morgan fingerprint density at radius 1 is 1.12 bits per heavy atom. The van der Waals surface area contributed by atoms with E-state index in [1.54, 1.807) is 17.4 Å². The Morgan fingerprint density at radius 2 is 1.85 bits per heavy atom. The summed E-state index contributed by atoms with van der Waals surface area (Å²) in [6.07, 6.45) is 6.43. The average Bonchev–Trinajstić information content (AvgIpc) is 3.41. The van der Waals surface area contributed by atoms with Crippen molar-refractivity contribution in [3.63, 3.8) is 0 Å². The summed E-state index contributed by atoms with van der Waals surface area (Å²) in [5.74, 6) is 0.377. The van der Waals surface area contributed by atoms with Gasteiger partial charge < -0.3 is 19.3 Å². The number of carboxylic acid groups (broad SMARTS) is 1. The molecule has 0 spiro atoms. The van der Waals surface area contributed by atoms with Gasteiger partial charge in [0.25, 0.3) is 0 Å². The number of aromatic nitrogens is 2. The normalized spacial score (nSPS) is 21.9. The number of nitrogens with zero attached hydrogens (tertiary/aromatic N) is 3. The lowest BCUT2D eigenvalue weighted by Gasteiger charge is -2.38. The second-order valence-electron chi connectivity index (χ2n) is 11.3. The van der Waals surface area contributed by atoms with E-state index in [4.69, 9.17) is 37.4 Å². The monoisotopic (exact) mass is 609 g/mol. The van der Waals surface area contributed by atoms with E-state index < -0.39 is 5.97 Å². The van der Waals surface area contributed by atoms with Crippen molar-refractivity contribution in [3.8, 4) is 22.5 Å². The molecule has 10 heteroatoms. The number of anilines is 1. The number of rotatable bonds is 8. The van der Waals surface area contributed by atoms with Gasteiger partial charge >= 0.3 is 5.97 Å². The largest absolute Gasteiger partial charge is 0.478 e. The van der Waals surface area contributed by atoms with Crippen LogP contribution in [0.2, 0.25) is 10.0 Å². The second-order valence-corrected chi connectivity index (χ2v) is 12.9. The first-order chi connectivity index (χ1) is 19.9. The van der Waals surface area contributed by atoms with Crippen molar-refractivity contribution in [3.05, 3.63) is 74.3 Å². The molecule has 4 heterocycles. The molecule has 2 aromatic carbocycles. The molecule has 3 aliphatic rings. The molecule has 2 aromatic heterocycles. The van der Waals surface area contributed by atoms with Crippen LogP contribution in [0.4, 0.5) is 5.13 Å². The maximum atomic E-state index is 11.4. The predicted octanol–water partition coefficient (Wildman–Crippen LogP) is 8.37. The van der Waals surface area contributed by atoms with Gasteiger partial charge in [-0.15, -0.1) is 11.3 Å². The summed E-state index contributed by atoms with van der Waals surface area (Å²) in [5.41, 5.74) is 5.23. The van der Waals surface area contributed by atoms with Gasteiger partial charge in [-0.1, -0.05) is 40.5 Å². The Kier molecular flexibility index (Phi) is 7.06. The maximum Gasteiger partial charge on any atom is 0.335 e. The van der Waals surface area contributed by atoms with Crippen LogP contribution in [0.5, 0.6) is 0 Å². The molecule has 2 aliphatic heterocycles. The first-order valence-electron chi connectivity index (χ1n) is 14.0. The first kappa shape index (κ1) is 27.0. The van der Waals surface area contributed by atoms with Crippen LogP contribution in [0.1, 0.15) is 71.7 Å². The molecule has 1 aliphatic carbocycles. The fourth-order valence-corrected chi connectivity index (χ4v) is 7.96. The fraction of sp³-hybridized carbons (Fsp3) is 0.387. The highest BCUT2D eigenvalue weighted by Crippen LogP contribution is 2.47. The molecule has 212 valence electrons. The van der Waals surface area contributed by atoms with Gasteiger partial charge in [-0.25, -0.2) is 9.78 Å². The Labute approximate surface area is 252 Å². The fourth-order valence-electron chi connectivity index (χ4n) is 6.40. The van der Waals surface area contributed by atoms with Crippen molar-refractivity contribution >= 4 is 45.6 Å². The van der Waals surface area contributed by atoms with Crippen molar-refractivity contribution in [2.45, 2.75) is 76.2 Å². The maximum absolute atomic E-state index is 11.4. The zero-order valence-corrected chi connectivity index (χ0v) is 24.8. The Bertz CT molecular complexity index is 1600. The molecule has 2 unspecified atom stereocenters. The number of hydrogen-bond donors (Lipinski definition) is 1. The van der Waals surface area contributed by atoms with E-state index in [1.165, 1.54) is 0 Å². The van der Waals surface area contributed by atoms with Gasteiger partial charge in [0.1, 0.15) is 11.5 Å². The van der Waals surface area contributed by atoms with Crippen LogP contribution in [0.15, 0.2) is 46.3 Å². The minimum absolute atomic E-state index is 0.130. The minimum atomic E-state index is -0.911. The molecule has 1 N–H and O–H groups in total. The van der Waals surface area contributed by atoms with Crippen molar-refractivity contribution in [2.24, 2.45) is 0 Å². The Morgan fingerprint density at radius 3 is 2.51 bits per heavy atom. The summed E-state index contributed by atoms with van der Waals surface area (Å²) in [7, 11) is 0. The molecule has 1 saturated carbocycles. The van der Waals surface area contributed by atoms with Crippen LogP contribution in [0, 0.1) is 6.92 Å². The topological polar surface area (TPSA) is 88.7 Å². The molecular weight excluding hydrogens is 581 g/mol. The number of aromatic carboxylic acids is 1. The molecule has 7 nitrogen and oxygen atoms in total. The lowest BCUT2D eigenvalue weighted by atomic mass is 10.00. The van der Waals surface area contributed by atoms with E-state index in [-0.39, 0.29) is 6.10 Å². The number of carbonyl (C=O) groups is 1. The van der Waals surface area contributed by atoms with Crippen LogP contribution in [-0.4, -0.2) is 39.4 Å². The third-order valence-electron chi connectivity index (χ3n) is 8.58. The Hall–Kier alpha value is -2.91. The first-order valence-corrected chi connectivity index (χ1v) is 15.6. The summed E-state index contributed by atoms with van der Waals surface area (Å²) >= 11 is 14.7. The third-order valence-corrected chi connectivity index (χ3v) is 10.1.